The molecule has 1 aromatic carbocycles. The van der Waals surface area contributed by atoms with Crippen LogP contribution in [0.4, 0.5) is 5.82 Å². The van der Waals surface area contributed by atoms with Gasteiger partial charge in [-0.15, -0.1) is 24.0 Å². The monoisotopic (exact) mass is 495 g/mol. The first kappa shape index (κ1) is 22.3. The quantitative estimate of drug-likeness (QED) is 0.254. The molecule has 3 rings (SSSR count). The third-order valence-electron chi connectivity index (χ3n) is 4.41. The first-order chi connectivity index (χ1) is 13.3. The maximum atomic E-state index is 5.70. The molecule has 2 heterocycles. The van der Waals surface area contributed by atoms with Crippen LogP contribution >= 0.6 is 24.0 Å². The molecule has 1 aliphatic heterocycles. The Balaban J connectivity index is 0.00000280. The van der Waals surface area contributed by atoms with E-state index in [-0.39, 0.29) is 24.0 Å². The van der Waals surface area contributed by atoms with Crippen LogP contribution in [0.25, 0.3) is 0 Å². The number of halogens is 1. The van der Waals surface area contributed by atoms with Crippen LogP contribution in [0.15, 0.2) is 53.7 Å². The number of anilines is 1. The Kier molecular flexibility index (Phi) is 9.88. The zero-order chi connectivity index (χ0) is 18.7. The fourth-order valence-electron chi connectivity index (χ4n) is 3.01. The highest BCUT2D eigenvalue weighted by molar-refractivity contribution is 14.0. The molecule has 7 heteroatoms. The van der Waals surface area contributed by atoms with E-state index in [2.05, 4.69) is 44.6 Å². The van der Waals surface area contributed by atoms with Crippen LogP contribution in [0, 0.1) is 0 Å². The van der Waals surface area contributed by atoms with Gasteiger partial charge >= 0.3 is 0 Å². The second-order valence-electron chi connectivity index (χ2n) is 6.50. The van der Waals surface area contributed by atoms with E-state index >= 15 is 0 Å². The standard InChI is InChI=1S/C21H29N5O.HI/c1-2-22-21(23-12-15-27-19-8-4-3-5-9-19)25-17-18-10-11-20(24-16-18)26-13-6-7-14-26;/h3-5,8-11,16H,2,6-7,12-15,17H2,1H3,(H2,22,23,25);1H. The highest BCUT2D eigenvalue weighted by Gasteiger charge is 2.12. The Morgan fingerprint density at radius 1 is 1.11 bits per heavy atom. The topological polar surface area (TPSA) is 61.8 Å². The third kappa shape index (κ3) is 7.18. The lowest BCUT2D eigenvalue weighted by molar-refractivity contribution is 0.322. The number of pyridine rings is 1. The lowest BCUT2D eigenvalue weighted by Crippen LogP contribution is -2.39. The Morgan fingerprint density at radius 3 is 2.57 bits per heavy atom. The molecule has 2 N–H and O–H groups in total. The molecule has 1 saturated heterocycles. The molecule has 28 heavy (non-hydrogen) atoms. The van der Waals surface area contributed by atoms with Gasteiger partial charge in [-0.1, -0.05) is 24.3 Å². The normalized spacial score (nSPS) is 13.8. The molecule has 0 unspecified atom stereocenters. The Morgan fingerprint density at radius 2 is 1.89 bits per heavy atom. The maximum absolute atomic E-state index is 5.70. The number of hydrogen-bond acceptors (Lipinski definition) is 4. The van der Waals surface area contributed by atoms with Crippen LogP contribution in [-0.2, 0) is 6.54 Å². The van der Waals surface area contributed by atoms with Crippen molar-refractivity contribution in [3.8, 4) is 5.75 Å². The molecule has 0 saturated carbocycles. The van der Waals surface area contributed by atoms with Gasteiger partial charge in [0, 0.05) is 25.8 Å². The predicted octanol–water partition coefficient (Wildman–Crippen LogP) is 3.43. The minimum absolute atomic E-state index is 0. The predicted molar refractivity (Wildman–Crippen MR) is 126 cm³/mol. The lowest BCUT2D eigenvalue weighted by atomic mass is 10.3. The minimum Gasteiger partial charge on any atom is -0.492 e. The summed E-state index contributed by atoms with van der Waals surface area (Å²) in [7, 11) is 0. The van der Waals surface area contributed by atoms with E-state index in [1.54, 1.807) is 0 Å². The van der Waals surface area contributed by atoms with E-state index in [0.29, 0.717) is 19.7 Å². The molecule has 6 nitrogen and oxygen atoms in total. The van der Waals surface area contributed by atoms with Crippen molar-refractivity contribution in [1.29, 1.82) is 0 Å². The first-order valence-electron chi connectivity index (χ1n) is 9.75. The van der Waals surface area contributed by atoms with Gasteiger partial charge in [-0.3, -0.25) is 0 Å². The molecule has 0 aliphatic carbocycles. The number of rotatable bonds is 8. The third-order valence-corrected chi connectivity index (χ3v) is 4.41. The fraction of sp³-hybridized carbons (Fsp3) is 0.429. The molecule has 0 amide bonds. The van der Waals surface area contributed by atoms with Crippen molar-refractivity contribution in [2.45, 2.75) is 26.3 Å². The summed E-state index contributed by atoms with van der Waals surface area (Å²) in [6.45, 7) is 6.98. The average molecular weight is 495 g/mol. The van der Waals surface area contributed by atoms with Crippen LogP contribution in [0.3, 0.4) is 0 Å². The molecular weight excluding hydrogens is 465 g/mol. The summed E-state index contributed by atoms with van der Waals surface area (Å²) in [6.07, 6.45) is 4.46. The Hall–Kier alpha value is -2.03. The van der Waals surface area contributed by atoms with Gasteiger partial charge in [0.2, 0.25) is 0 Å². The van der Waals surface area contributed by atoms with Gasteiger partial charge in [0.05, 0.1) is 13.1 Å². The van der Waals surface area contributed by atoms with Gasteiger partial charge in [-0.05, 0) is 43.5 Å². The second kappa shape index (κ2) is 12.4. The van der Waals surface area contributed by atoms with Crippen molar-refractivity contribution < 1.29 is 4.74 Å². The number of hydrogen-bond donors (Lipinski definition) is 2. The highest BCUT2D eigenvalue weighted by Crippen LogP contribution is 2.17. The van der Waals surface area contributed by atoms with E-state index in [4.69, 9.17) is 4.74 Å². The number of guanidine groups is 1. The summed E-state index contributed by atoms with van der Waals surface area (Å²) in [4.78, 5) is 11.6. The molecule has 0 bridgehead atoms. The number of aromatic nitrogens is 1. The van der Waals surface area contributed by atoms with E-state index in [1.165, 1.54) is 12.8 Å². The fourth-order valence-corrected chi connectivity index (χ4v) is 3.01. The van der Waals surface area contributed by atoms with Gasteiger partial charge in [-0.2, -0.15) is 0 Å². The highest BCUT2D eigenvalue weighted by atomic mass is 127. The van der Waals surface area contributed by atoms with Crippen molar-refractivity contribution >= 4 is 35.8 Å². The molecular formula is C21H30IN5O. The second-order valence-corrected chi connectivity index (χ2v) is 6.50. The van der Waals surface area contributed by atoms with Crippen LogP contribution < -0.4 is 20.3 Å². The van der Waals surface area contributed by atoms with Gasteiger partial charge in [0.25, 0.3) is 0 Å². The Bertz CT molecular complexity index is 702. The van der Waals surface area contributed by atoms with E-state index in [9.17, 15) is 0 Å². The summed E-state index contributed by atoms with van der Waals surface area (Å²) in [5.41, 5.74) is 1.11. The largest absolute Gasteiger partial charge is 0.492 e. The molecule has 1 fully saturated rings. The van der Waals surface area contributed by atoms with E-state index in [1.807, 2.05) is 36.5 Å². The molecule has 2 aromatic rings. The minimum atomic E-state index is 0. The summed E-state index contributed by atoms with van der Waals surface area (Å²) < 4.78 is 5.70. The summed E-state index contributed by atoms with van der Waals surface area (Å²) >= 11 is 0. The zero-order valence-electron chi connectivity index (χ0n) is 16.4. The first-order valence-corrected chi connectivity index (χ1v) is 9.75. The average Bonchev–Trinajstić information content (AvgIpc) is 3.25. The summed E-state index contributed by atoms with van der Waals surface area (Å²) in [5.74, 6) is 2.74. The van der Waals surface area contributed by atoms with Crippen LogP contribution in [-0.4, -0.2) is 43.7 Å². The SMILES string of the molecule is CCNC(=NCc1ccc(N2CCCC2)nc1)NCCOc1ccccc1.I. The number of nitrogens with one attached hydrogen (secondary N) is 2. The van der Waals surface area contributed by atoms with Crippen LogP contribution in [0.2, 0.25) is 0 Å². The van der Waals surface area contributed by atoms with E-state index in [0.717, 1.165) is 42.7 Å². The maximum Gasteiger partial charge on any atom is 0.191 e. The zero-order valence-corrected chi connectivity index (χ0v) is 18.8. The number of benzene rings is 1. The number of para-hydroxylation sites is 1. The van der Waals surface area contributed by atoms with Crippen molar-refractivity contribution in [1.82, 2.24) is 15.6 Å². The molecule has 1 aromatic heterocycles. The van der Waals surface area contributed by atoms with Crippen molar-refractivity contribution in [3.05, 3.63) is 54.2 Å². The van der Waals surface area contributed by atoms with Crippen LogP contribution in [0.1, 0.15) is 25.3 Å². The molecule has 0 spiro atoms. The molecule has 0 atom stereocenters. The molecule has 152 valence electrons. The molecule has 0 radical (unpaired) electrons. The van der Waals surface area contributed by atoms with Gasteiger partial charge < -0.3 is 20.3 Å². The Labute approximate surface area is 184 Å². The number of ether oxygens (including phenoxy) is 1. The van der Waals surface area contributed by atoms with E-state index < -0.39 is 0 Å². The van der Waals surface area contributed by atoms with Gasteiger partial charge in [-0.25, -0.2) is 9.98 Å². The molecule has 1 aliphatic rings. The smallest absolute Gasteiger partial charge is 0.191 e. The van der Waals surface area contributed by atoms with Gasteiger partial charge in [0.15, 0.2) is 5.96 Å². The van der Waals surface area contributed by atoms with Crippen LogP contribution in [0.5, 0.6) is 5.75 Å². The van der Waals surface area contributed by atoms with Crippen molar-refractivity contribution in [3.63, 3.8) is 0 Å². The summed E-state index contributed by atoms with van der Waals surface area (Å²) in [5, 5.41) is 6.56. The van der Waals surface area contributed by atoms with Gasteiger partial charge in [0.1, 0.15) is 18.2 Å². The lowest BCUT2D eigenvalue weighted by Gasteiger charge is -2.16. The number of nitrogens with zero attached hydrogens (tertiary/aromatic N) is 3. The van der Waals surface area contributed by atoms with Crippen molar-refractivity contribution in [2.75, 3.05) is 37.7 Å². The summed E-state index contributed by atoms with van der Waals surface area (Å²) in [6, 6.07) is 14.1. The number of aliphatic imine (C=N–C) groups is 1. The van der Waals surface area contributed by atoms with Crippen molar-refractivity contribution in [2.24, 2.45) is 4.99 Å².